The highest BCUT2D eigenvalue weighted by Gasteiger charge is 2.48. The molecule has 0 radical (unpaired) electrons. The predicted molar refractivity (Wildman–Crippen MR) is 118 cm³/mol. The van der Waals surface area contributed by atoms with Crippen LogP contribution in [0.2, 0.25) is 0 Å². The summed E-state index contributed by atoms with van der Waals surface area (Å²) in [6.45, 7) is 9.36. The molecule has 0 bridgehead atoms. The molecule has 5 rings (SSSR count). The lowest BCUT2D eigenvalue weighted by molar-refractivity contribution is 0.173. The van der Waals surface area contributed by atoms with E-state index in [1.807, 2.05) is 24.1 Å². The molecule has 1 aliphatic carbocycles. The van der Waals surface area contributed by atoms with E-state index in [1.165, 1.54) is 35.5 Å². The molecule has 2 heterocycles. The van der Waals surface area contributed by atoms with Crippen LogP contribution in [0.4, 0.5) is 4.39 Å². The molecule has 4 heteroatoms. The molecule has 0 spiro atoms. The van der Waals surface area contributed by atoms with Gasteiger partial charge in [0.2, 0.25) is 0 Å². The monoisotopic (exact) mass is 410 g/mol. The number of benzene rings is 2. The highest BCUT2D eigenvalue weighted by molar-refractivity contribution is 7.97. The van der Waals surface area contributed by atoms with Gasteiger partial charge in [0, 0.05) is 31.1 Å². The molecule has 0 N–H and O–H groups in total. The van der Waals surface area contributed by atoms with Gasteiger partial charge in [-0.25, -0.2) is 8.70 Å². The first kappa shape index (κ1) is 19.6. The summed E-state index contributed by atoms with van der Waals surface area (Å²) in [6, 6.07) is 16.2. The van der Waals surface area contributed by atoms with Crippen LogP contribution in [0.15, 0.2) is 53.4 Å². The number of rotatable bonds is 6. The van der Waals surface area contributed by atoms with Gasteiger partial charge in [-0.15, -0.1) is 0 Å². The molecule has 154 valence electrons. The van der Waals surface area contributed by atoms with Gasteiger partial charge in [-0.3, -0.25) is 0 Å². The topological polar surface area (TPSA) is 6.48 Å². The Hall–Kier alpha value is -1.36. The van der Waals surface area contributed by atoms with Crippen molar-refractivity contribution >= 4 is 11.9 Å². The first-order chi connectivity index (χ1) is 14.1. The largest absolute Gasteiger partial charge is 0.301 e. The molecule has 1 saturated carbocycles. The van der Waals surface area contributed by atoms with Crippen molar-refractivity contribution in [2.75, 3.05) is 26.2 Å². The summed E-state index contributed by atoms with van der Waals surface area (Å²) in [5.74, 6) is 2.08. The average Bonchev–Trinajstić information content (AvgIpc) is 3.23. The normalized spacial score (nSPS) is 28.2. The molecule has 2 aromatic carbocycles. The van der Waals surface area contributed by atoms with E-state index in [4.69, 9.17) is 0 Å². The zero-order valence-corrected chi connectivity index (χ0v) is 18.3. The average molecular weight is 411 g/mol. The number of hydrogen-bond donors (Lipinski definition) is 0. The maximum absolute atomic E-state index is 13.3. The van der Waals surface area contributed by atoms with E-state index in [0.717, 1.165) is 37.8 Å². The van der Waals surface area contributed by atoms with Crippen molar-refractivity contribution in [3.63, 3.8) is 0 Å². The van der Waals surface area contributed by atoms with Crippen LogP contribution in [0, 0.1) is 17.7 Å². The summed E-state index contributed by atoms with van der Waals surface area (Å²) in [4.78, 5) is 4.12. The number of likely N-dealkylation sites (tertiary alicyclic amines) is 1. The Labute approximate surface area is 178 Å². The lowest BCUT2D eigenvalue weighted by Crippen LogP contribution is -2.41. The lowest BCUT2D eigenvalue weighted by Gasteiger charge is -2.40. The molecule has 2 fully saturated rings. The van der Waals surface area contributed by atoms with Crippen LogP contribution < -0.4 is 0 Å². The molecule has 1 saturated heterocycles. The molecule has 2 aromatic rings. The summed E-state index contributed by atoms with van der Waals surface area (Å²) in [7, 11) is 0. The standard InChI is InChI=1S/C25H31FN2S/c1-3-25(4-2)23-7-5-6-8-24(23)29-28(25)14-13-27-16-19-15-21(22(19)17-27)18-9-11-20(26)12-10-18/h5-12,19,21-22H,3-4,13-17H2,1-2H3. The fourth-order valence-corrected chi connectivity index (χ4v) is 7.46. The maximum Gasteiger partial charge on any atom is 0.123 e. The van der Waals surface area contributed by atoms with Gasteiger partial charge in [0.25, 0.3) is 0 Å². The van der Waals surface area contributed by atoms with Crippen molar-refractivity contribution in [3.05, 3.63) is 65.5 Å². The van der Waals surface area contributed by atoms with Gasteiger partial charge >= 0.3 is 0 Å². The Morgan fingerprint density at radius 1 is 1.00 bits per heavy atom. The first-order valence-electron chi connectivity index (χ1n) is 11.2. The second kappa shape index (κ2) is 7.72. The number of fused-ring (bicyclic) bond motifs is 2. The number of hydrogen-bond acceptors (Lipinski definition) is 3. The Morgan fingerprint density at radius 2 is 1.76 bits per heavy atom. The first-order valence-corrected chi connectivity index (χ1v) is 11.9. The fraction of sp³-hybridized carbons (Fsp3) is 0.520. The van der Waals surface area contributed by atoms with Gasteiger partial charge in [0.15, 0.2) is 0 Å². The van der Waals surface area contributed by atoms with Crippen molar-refractivity contribution < 1.29 is 4.39 Å². The number of halogens is 1. The quantitative estimate of drug-likeness (QED) is 0.548. The Balaban J connectivity index is 1.22. The predicted octanol–water partition coefficient (Wildman–Crippen LogP) is 5.90. The van der Waals surface area contributed by atoms with Crippen LogP contribution in [0.3, 0.4) is 0 Å². The van der Waals surface area contributed by atoms with Crippen molar-refractivity contribution in [3.8, 4) is 0 Å². The zero-order valence-electron chi connectivity index (χ0n) is 17.5. The summed E-state index contributed by atoms with van der Waals surface area (Å²) >= 11 is 1.96. The van der Waals surface area contributed by atoms with E-state index in [9.17, 15) is 4.39 Å². The third-order valence-electron chi connectivity index (χ3n) is 7.80. The molecule has 2 aliphatic heterocycles. The summed E-state index contributed by atoms with van der Waals surface area (Å²) in [5.41, 5.74) is 3.03. The summed E-state index contributed by atoms with van der Waals surface area (Å²) < 4.78 is 15.9. The Kier molecular flexibility index (Phi) is 5.21. The Bertz CT molecular complexity index is 863. The molecule has 0 amide bonds. The minimum atomic E-state index is -0.128. The molecule has 2 nitrogen and oxygen atoms in total. The van der Waals surface area contributed by atoms with Crippen LogP contribution in [0.1, 0.15) is 50.2 Å². The van der Waals surface area contributed by atoms with E-state index in [1.54, 1.807) is 12.1 Å². The third-order valence-corrected chi connectivity index (χ3v) is 9.11. The fourth-order valence-electron chi connectivity index (χ4n) is 6.02. The van der Waals surface area contributed by atoms with E-state index in [2.05, 4.69) is 47.3 Å². The Morgan fingerprint density at radius 3 is 2.52 bits per heavy atom. The van der Waals surface area contributed by atoms with Crippen molar-refractivity contribution in [2.45, 2.75) is 49.5 Å². The van der Waals surface area contributed by atoms with Crippen molar-refractivity contribution in [1.82, 2.24) is 9.21 Å². The van der Waals surface area contributed by atoms with E-state index < -0.39 is 0 Å². The van der Waals surface area contributed by atoms with E-state index in [-0.39, 0.29) is 11.4 Å². The molecular formula is C25H31FN2S. The molecular weight excluding hydrogens is 379 g/mol. The smallest absolute Gasteiger partial charge is 0.123 e. The molecule has 3 atom stereocenters. The van der Waals surface area contributed by atoms with Crippen LogP contribution in [-0.2, 0) is 5.54 Å². The van der Waals surface area contributed by atoms with Crippen LogP contribution in [-0.4, -0.2) is 35.4 Å². The molecule has 3 aliphatic rings. The van der Waals surface area contributed by atoms with Gasteiger partial charge in [0.1, 0.15) is 5.82 Å². The SMILES string of the molecule is CCC1(CC)c2ccccc2SN1CCN1CC2CC(c3ccc(F)cc3)C2C1. The minimum Gasteiger partial charge on any atom is -0.301 e. The van der Waals surface area contributed by atoms with E-state index in [0.29, 0.717) is 5.92 Å². The molecule has 29 heavy (non-hydrogen) atoms. The second-order valence-corrected chi connectivity index (χ2v) is 10.1. The minimum absolute atomic E-state index is 0.128. The van der Waals surface area contributed by atoms with Gasteiger partial charge in [-0.1, -0.05) is 44.2 Å². The lowest BCUT2D eigenvalue weighted by atomic mass is 9.64. The van der Waals surface area contributed by atoms with Gasteiger partial charge in [0.05, 0.1) is 5.54 Å². The van der Waals surface area contributed by atoms with Crippen LogP contribution >= 0.6 is 11.9 Å². The molecule has 0 aromatic heterocycles. The zero-order chi connectivity index (χ0) is 20.0. The second-order valence-electron chi connectivity index (χ2n) is 9.01. The highest BCUT2D eigenvalue weighted by Crippen LogP contribution is 2.53. The third kappa shape index (κ3) is 3.24. The van der Waals surface area contributed by atoms with Crippen LogP contribution in [0.25, 0.3) is 0 Å². The highest BCUT2D eigenvalue weighted by atomic mass is 32.2. The molecule has 3 unspecified atom stereocenters. The summed E-state index contributed by atoms with van der Waals surface area (Å²) in [6.07, 6.45) is 3.58. The number of nitrogens with zero attached hydrogens (tertiary/aromatic N) is 2. The van der Waals surface area contributed by atoms with Crippen molar-refractivity contribution in [1.29, 1.82) is 0 Å². The summed E-state index contributed by atoms with van der Waals surface area (Å²) in [5, 5.41) is 0. The van der Waals surface area contributed by atoms with Crippen molar-refractivity contribution in [2.24, 2.45) is 11.8 Å². The van der Waals surface area contributed by atoms with Crippen LogP contribution in [0.5, 0.6) is 0 Å². The van der Waals surface area contributed by atoms with E-state index >= 15 is 0 Å². The van der Waals surface area contributed by atoms with Gasteiger partial charge in [-0.05, 0) is 78.3 Å². The van der Waals surface area contributed by atoms with Gasteiger partial charge in [-0.2, -0.15) is 0 Å². The maximum atomic E-state index is 13.3. The van der Waals surface area contributed by atoms with Gasteiger partial charge < -0.3 is 4.90 Å².